The summed E-state index contributed by atoms with van der Waals surface area (Å²) >= 11 is 6.09. The second kappa shape index (κ2) is 4.94. The van der Waals surface area contributed by atoms with Crippen molar-refractivity contribution in [1.29, 1.82) is 0 Å². The highest BCUT2D eigenvalue weighted by Gasteiger charge is 2.17. The van der Waals surface area contributed by atoms with Gasteiger partial charge in [0, 0.05) is 40.8 Å². The molecule has 1 aliphatic carbocycles. The first-order valence-electron chi connectivity index (χ1n) is 6.79. The lowest BCUT2D eigenvalue weighted by Gasteiger charge is -2.26. The Kier molecular flexibility index (Phi) is 3.31. The first-order chi connectivity index (χ1) is 8.78. The quantitative estimate of drug-likeness (QED) is 0.883. The molecular weight excluding hydrogens is 244 g/mol. The molecule has 0 spiro atoms. The van der Waals surface area contributed by atoms with Crippen LogP contribution in [0, 0.1) is 0 Å². The molecule has 18 heavy (non-hydrogen) atoms. The van der Waals surface area contributed by atoms with Gasteiger partial charge < -0.3 is 9.88 Å². The molecule has 0 atom stereocenters. The smallest absolute Gasteiger partial charge is 0.0497 e. The van der Waals surface area contributed by atoms with E-state index >= 15 is 0 Å². The number of fused-ring (bicyclic) bond motifs is 1. The molecule has 96 valence electrons. The number of aromatic nitrogens is 1. The van der Waals surface area contributed by atoms with Gasteiger partial charge in [-0.25, -0.2) is 0 Å². The van der Waals surface area contributed by atoms with Gasteiger partial charge >= 0.3 is 0 Å². The number of hydrogen-bond acceptors (Lipinski definition) is 1. The van der Waals surface area contributed by atoms with E-state index in [2.05, 4.69) is 35.0 Å². The van der Waals surface area contributed by atoms with Crippen molar-refractivity contribution in [1.82, 2.24) is 9.88 Å². The molecule has 3 rings (SSSR count). The highest BCUT2D eigenvalue weighted by atomic mass is 35.5. The topological polar surface area (TPSA) is 17.0 Å². The van der Waals surface area contributed by atoms with E-state index in [-0.39, 0.29) is 0 Å². The van der Waals surface area contributed by atoms with Gasteiger partial charge in [-0.05, 0) is 38.0 Å². The van der Waals surface area contributed by atoms with Crippen LogP contribution in [0.25, 0.3) is 10.9 Å². The van der Waals surface area contributed by atoms with Crippen LogP contribution >= 0.6 is 11.6 Å². The van der Waals surface area contributed by atoms with Crippen molar-refractivity contribution in [3.63, 3.8) is 0 Å². The Balaban J connectivity index is 1.89. The van der Waals surface area contributed by atoms with Crippen molar-refractivity contribution in [3.05, 3.63) is 35.0 Å². The summed E-state index contributed by atoms with van der Waals surface area (Å²) in [5.41, 5.74) is 2.61. The molecule has 0 radical (unpaired) electrons. The van der Waals surface area contributed by atoms with Gasteiger partial charge in [-0.3, -0.25) is 0 Å². The van der Waals surface area contributed by atoms with Gasteiger partial charge in [0.1, 0.15) is 0 Å². The number of benzene rings is 1. The van der Waals surface area contributed by atoms with Crippen molar-refractivity contribution in [2.24, 2.45) is 0 Å². The molecule has 0 amide bonds. The Hall–Kier alpha value is -0.990. The van der Waals surface area contributed by atoms with Gasteiger partial charge in [0.25, 0.3) is 0 Å². The molecule has 1 N–H and O–H groups in total. The lowest BCUT2D eigenvalue weighted by Crippen LogP contribution is -2.35. The van der Waals surface area contributed by atoms with Gasteiger partial charge in [-0.15, -0.1) is 0 Å². The van der Waals surface area contributed by atoms with Gasteiger partial charge in [0.15, 0.2) is 0 Å². The zero-order valence-corrected chi connectivity index (χ0v) is 11.5. The Morgan fingerprint density at radius 3 is 2.83 bits per heavy atom. The monoisotopic (exact) mass is 262 g/mol. The summed E-state index contributed by atoms with van der Waals surface area (Å²) in [4.78, 5) is 0. The van der Waals surface area contributed by atoms with E-state index in [1.165, 1.54) is 35.9 Å². The van der Waals surface area contributed by atoms with E-state index in [1.54, 1.807) is 0 Å². The van der Waals surface area contributed by atoms with E-state index in [0.29, 0.717) is 0 Å². The van der Waals surface area contributed by atoms with E-state index < -0.39 is 0 Å². The third kappa shape index (κ3) is 2.15. The van der Waals surface area contributed by atoms with Crippen LogP contribution in [0.15, 0.2) is 24.3 Å². The summed E-state index contributed by atoms with van der Waals surface area (Å²) < 4.78 is 2.35. The minimum absolute atomic E-state index is 0.733. The molecule has 0 saturated heterocycles. The van der Waals surface area contributed by atoms with E-state index in [9.17, 15) is 0 Å². The number of halogens is 1. The first kappa shape index (κ1) is 12.1. The minimum atomic E-state index is 0.733. The molecule has 1 heterocycles. The van der Waals surface area contributed by atoms with Crippen LogP contribution in [-0.2, 0) is 13.1 Å². The Bertz CT molecular complexity index is 555. The molecule has 2 aromatic rings. The first-order valence-corrected chi connectivity index (χ1v) is 7.17. The van der Waals surface area contributed by atoms with Crippen molar-refractivity contribution in [2.45, 2.75) is 45.3 Å². The van der Waals surface area contributed by atoms with Gasteiger partial charge in [0.2, 0.25) is 0 Å². The number of nitrogens with zero attached hydrogens (tertiary/aromatic N) is 1. The fourth-order valence-corrected chi connectivity index (χ4v) is 2.83. The Labute approximate surface area is 113 Å². The molecule has 0 unspecified atom stereocenters. The molecule has 0 aliphatic heterocycles. The normalized spacial score (nSPS) is 16.1. The summed E-state index contributed by atoms with van der Waals surface area (Å²) in [7, 11) is 0. The average Bonchev–Trinajstić information content (AvgIpc) is 2.64. The molecule has 1 fully saturated rings. The van der Waals surface area contributed by atoms with Gasteiger partial charge in [-0.1, -0.05) is 24.1 Å². The highest BCUT2D eigenvalue weighted by molar-refractivity contribution is 6.31. The third-order valence-electron chi connectivity index (χ3n) is 3.95. The van der Waals surface area contributed by atoms with Crippen molar-refractivity contribution >= 4 is 22.5 Å². The maximum absolute atomic E-state index is 6.09. The molecule has 2 nitrogen and oxygen atoms in total. The van der Waals surface area contributed by atoms with E-state index in [4.69, 9.17) is 11.6 Å². The predicted molar refractivity (Wildman–Crippen MR) is 77.1 cm³/mol. The van der Waals surface area contributed by atoms with E-state index in [0.717, 1.165) is 24.2 Å². The lowest BCUT2D eigenvalue weighted by atomic mass is 9.93. The Morgan fingerprint density at radius 1 is 1.33 bits per heavy atom. The summed E-state index contributed by atoms with van der Waals surface area (Å²) in [5, 5.41) is 5.73. The lowest BCUT2D eigenvalue weighted by molar-refractivity contribution is 0.335. The van der Waals surface area contributed by atoms with Crippen molar-refractivity contribution < 1.29 is 0 Å². The highest BCUT2D eigenvalue weighted by Crippen LogP contribution is 2.24. The van der Waals surface area contributed by atoms with Crippen LogP contribution in [0.1, 0.15) is 31.9 Å². The predicted octanol–water partition coefficient (Wildman–Crippen LogP) is 3.96. The molecule has 1 saturated carbocycles. The Morgan fingerprint density at radius 2 is 2.17 bits per heavy atom. The standard InChI is InChI=1S/C15H19ClN2/c1-2-18-14(10-17-13-4-3-5-13)8-11-6-7-12(16)9-15(11)18/h6-9,13,17H,2-5,10H2,1H3. The molecule has 0 bridgehead atoms. The molecular formula is C15H19ClN2. The number of nitrogens with one attached hydrogen (secondary N) is 1. The summed E-state index contributed by atoms with van der Waals surface area (Å²) in [6, 6.07) is 9.15. The second-order valence-electron chi connectivity index (χ2n) is 5.09. The zero-order chi connectivity index (χ0) is 12.5. The summed E-state index contributed by atoms with van der Waals surface area (Å²) in [6.07, 6.45) is 4.04. The van der Waals surface area contributed by atoms with Crippen LogP contribution < -0.4 is 5.32 Å². The fourth-order valence-electron chi connectivity index (χ4n) is 2.67. The van der Waals surface area contributed by atoms with Crippen molar-refractivity contribution in [2.75, 3.05) is 0 Å². The molecule has 1 aliphatic rings. The fraction of sp³-hybridized carbons (Fsp3) is 0.467. The maximum Gasteiger partial charge on any atom is 0.0497 e. The largest absolute Gasteiger partial charge is 0.344 e. The number of hydrogen-bond donors (Lipinski definition) is 1. The number of rotatable bonds is 4. The summed E-state index contributed by atoms with van der Waals surface area (Å²) in [6.45, 7) is 4.14. The van der Waals surface area contributed by atoms with Crippen LogP contribution in [-0.4, -0.2) is 10.6 Å². The summed E-state index contributed by atoms with van der Waals surface area (Å²) in [5.74, 6) is 0. The molecule has 1 aromatic carbocycles. The van der Waals surface area contributed by atoms with Crippen LogP contribution in [0.3, 0.4) is 0 Å². The average molecular weight is 263 g/mol. The van der Waals surface area contributed by atoms with Crippen LogP contribution in [0.2, 0.25) is 5.02 Å². The second-order valence-corrected chi connectivity index (χ2v) is 5.53. The maximum atomic E-state index is 6.09. The molecule has 3 heteroatoms. The SMILES string of the molecule is CCn1c(CNC2CCC2)cc2ccc(Cl)cc21. The van der Waals surface area contributed by atoms with Crippen molar-refractivity contribution in [3.8, 4) is 0 Å². The van der Waals surface area contributed by atoms with Gasteiger partial charge in [-0.2, -0.15) is 0 Å². The number of aryl methyl sites for hydroxylation is 1. The van der Waals surface area contributed by atoms with E-state index in [1.807, 2.05) is 6.07 Å². The van der Waals surface area contributed by atoms with Crippen LogP contribution in [0.5, 0.6) is 0 Å². The third-order valence-corrected chi connectivity index (χ3v) is 4.18. The molecule has 1 aromatic heterocycles. The van der Waals surface area contributed by atoms with Gasteiger partial charge in [0.05, 0.1) is 0 Å². The van der Waals surface area contributed by atoms with Crippen LogP contribution in [0.4, 0.5) is 0 Å². The zero-order valence-electron chi connectivity index (χ0n) is 10.7. The minimum Gasteiger partial charge on any atom is -0.344 e.